The van der Waals surface area contributed by atoms with Crippen molar-refractivity contribution in [3.63, 3.8) is 0 Å². The zero-order valence-corrected chi connectivity index (χ0v) is 15.0. The number of rotatable bonds is 4. The van der Waals surface area contributed by atoms with Gasteiger partial charge in [-0.05, 0) is 72.7 Å². The van der Waals surface area contributed by atoms with E-state index in [2.05, 4.69) is 69.0 Å². The van der Waals surface area contributed by atoms with Gasteiger partial charge in [0.05, 0.1) is 21.7 Å². The van der Waals surface area contributed by atoms with Gasteiger partial charge in [0.15, 0.2) is 0 Å². The molecule has 2 aromatic rings. The summed E-state index contributed by atoms with van der Waals surface area (Å²) in [6, 6.07) is 16.8. The third-order valence-corrected chi connectivity index (χ3v) is 5.08. The molecule has 1 fully saturated rings. The van der Waals surface area contributed by atoms with Gasteiger partial charge in [0.25, 0.3) is 0 Å². The van der Waals surface area contributed by atoms with Crippen LogP contribution < -0.4 is 0 Å². The molecule has 1 aliphatic rings. The maximum absolute atomic E-state index is 4.69. The van der Waals surface area contributed by atoms with Gasteiger partial charge in [-0.1, -0.05) is 43.5 Å². The predicted octanol–water partition coefficient (Wildman–Crippen LogP) is 6.41. The van der Waals surface area contributed by atoms with Gasteiger partial charge in [-0.15, -0.1) is 0 Å². The number of benzene rings is 2. The molecule has 0 N–H and O–H groups in total. The van der Waals surface area contributed by atoms with Crippen molar-refractivity contribution in [1.82, 2.24) is 0 Å². The Bertz CT molecular complexity index is 727. The number of nitrogens with zero attached hydrogens (tertiary/aromatic N) is 2. The van der Waals surface area contributed by atoms with Crippen molar-refractivity contribution < 1.29 is 0 Å². The van der Waals surface area contributed by atoms with Crippen LogP contribution in [0, 0.1) is 0 Å². The van der Waals surface area contributed by atoms with Crippen LogP contribution in [0.4, 0.5) is 11.4 Å². The fourth-order valence-electron chi connectivity index (χ4n) is 3.71. The first-order chi connectivity index (χ1) is 11.8. The van der Waals surface area contributed by atoms with Gasteiger partial charge < -0.3 is 0 Å². The molecule has 120 valence electrons. The third-order valence-electron chi connectivity index (χ3n) is 4.90. The average Bonchev–Trinajstić information content (AvgIpc) is 2.64. The highest BCUT2D eigenvalue weighted by molar-refractivity contribution is 7.78. The van der Waals surface area contributed by atoms with E-state index in [0.29, 0.717) is 0 Å². The minimum Gasteiger partial charge on any atom is -0.195 e. The summed E-state index contributed by atoms with van der Waals surface area (Å²) in [4.78, 5) is 8.11. The molecule has 0 heterocycles. The lowest BCUT2D eigenvalue weighted by atomic mass is 9.65. The Balaban J connectivity index is 2.03. The monoisotopic (exact) mass is 350 g/mol. The number of hydrogen-bond donors (Lipinski definition) is 0. The van der Waals surface area contributed by atoms with Crippen LogP contribution in [0.1, 0.15) is 43.2 Å². The molecule has 0 bridgehead atoms. The van der Waals surface area contributed by atoms with Crippen LogP contribution in [0.25, 0.3) is 0 Å². The lowest BCUT2D eigenvalue weighted by molar-refractivity contribution is 0.346. The molecular weight excluding hydrogens is 332 g/mol. The van der Waals surface area contributed by atoms with Crippen LogP contribution in [0.5, 0.6) is 0 Å². The SMILES string of the molecule is S=C=Nc1ccc(C2(c3ccc(N=C=S)cc3)CCCCC2)cc1. The molecule has 0 aliphatic heterocycles. The fraction of sp³-hybridized carbons (Fsp3) is 0.300. The second-order valence-electron chi connectivity index (χ2n) is 6.14. The van der Waals surface area contributed by atoms with Gasteiger partial charge in [-0.3, -0.25) is 0 Å². The van der Waals surface area contributed by atoms with Gasteiger partial charge in [-0.25, -0.2) is 0 Å². The van der Waals surface area contributed by atoms with E-state index in [-0.39, 0.29) is 5.41 Å². The van der Waals surface area contributed by atoms with Crippen LogP contribution >= 0.6 is 24.4 Å². The van der Waals surface area contributed by atoms with E-state index in [1.54, 1.807) is 0 Å². The second kappa shape index (κ2) is 7.74. The summed E-state index contributed by atoms with van der Waals surface area (Å²) in [5.74, 6) is 0. The highest BCUT2D eigenvalue weighted by Gasteiger charge is 2.35. The number of thiocarbonyl (C=S) groups is 2. The Morgan fingerprint density at radius 3 is 1.46 bits per heavy atom. The summed E-state index contributed by atoms with van der Waals surface area (Å²) in [6.45, 7) is 0. The smallest absolute Gasteiger partial charge is 0.0739 e. The van der Waals surface area contributed by atoms with Crippen molar-refractivity contribution >= 4 is 46.1 Å². The van der Waals surface area contributed by atoms with E-state index in [4.69, 9.17) is 0 Å². The molecule has 1 aliphatic carbocycles. The molecular formula is C20H18N2S2. The quantitative estimate of drug-likeness (QED) is 0.470. The van der Waals surface area contributed by atoms with Crippen molar-refractivity contribution in [3.8, 4) is 0 Å². The molecule has 0 atom stereocenters. The first-order valence-corrected chi connectivity index (χ1v) is 8.97. The van der Waals surface area contributed by atoms with Crippen molar-refractivity contribution in [3.05, 3.63) is 59.7 Å². The highest BCUT2D eigenvalue weighted by Crippen LogP contribution is 2.45. The van der Waals surface area contributed by atoms with Gasteiger partial charge in [0, 0.05) is 5.41 Å². The molecule has 3 rings (SSSR count). The first-order valence-electron chi connectivity index (χ1n) is 8.15. The zero-order valence-electron chi connectivity index (χ0n) is 13.4. The molecule has 2 aromatic carbocycles. The average molecular weight is 351 g/mol. The predicted molar refractivity (Wildman–Crippen MR) is 106 cm³/mol. The van der Waals surface area contributed by atoms with Crippen molar-refractivity contribution in [2.75, 3.05) is 0 Å². The molecule has 0 amide bonds. The molecule has 24 heavy (non-hydrogen) atoms. The van der Waals surface area contributed by atoms with Crippen molar-refractivity contribution in [1.29, 1.82) is 0 Å². The topological polar surface area (TPSA) is 24.7 Å². The Morgan fingerprint density at radius 2 is 1.08 bits per heavy atom. The summed E-state index contributed by atoms with van der Waals surface area (Å²) in [7, 11) is 0. The van der Waals surface area contributed by atoms with Crippen LogP contribution in [0.15, 0.2) is 58.5 Å². The Labute approximate surface area is 153 Å². The summed E-state index contributed by atoms with van der Waals surface area (Å²) in [6.07, 6.45) is 6.14. The minimum atomic E-state index is 0.0676. The number of isothiocyanates is 2. The lowest BCUT2D eigenvalue weighted by Crippen LogP contribution is -2.30. The van der Waals surface area contributed by atoms with Crippen LogP contribution in [-0.4, -0.2) is 10.3 Å². The molecule has 0 unspecified atom stereocenters. The van der Waals surface area contributed by atoms with E-state index in [0.717, 1.165) is 11.4 Å². The largest absolute Gasteiger partial charge is 0.195 e. The van der Waals surface area contributed by atoms with E-state index in [1.807, 2.05) is 24.3 Å². The van der Waals surface area contributed by atoms with Gasteiger partial charge >= 0.3 is 0 Å². The van der Waals surface area contributed by atoms with Crippen molar-refractivity contribution in [2.45, 2.75) is 37.5 Å². The maximum atomic E-state index is 4.69. The Hall–Kier alpha value is -1.96. The molecule has 4 heteroatoms. The van der Waals surface area contributed by atoms with Crippen molar-refractivity contribution in [2.24, 2.45) is 9.98 Å². The van der Waals surface area contributed by atoms with E-state index in [9.17, 15) is 0 Å². The molecule has 0 radical (unpaired) electrons. The van der Waals surface area contributed by atoms with Gasteiger partial charge in [-0.2, -0.15) is 9.98 Å². The molecule has 0 spiro atoms. The molecule has 0 aromatic heterocycles. The van der Waals surface area contributed by atoms with E-state index < -0.39 is 0 Å². The van der Waals surface area contributed by atoms with Gasteiger partial charge in [0.2, 0.25) is 0 Å². The normalized spacial score (nSPS) is 15.8. The third kappa shape index (κ3) is 3.43. The van der Waals surface area contributed by atoms with Gasteiger partial charge in [0.1, 0.15) is 0 Å². The Morgan fingerprint density at radius 1 is 0.667 bits per heavy atom. The summed E-state index contributed by atoms with van der Waals surface area (Å²) < 4.78 is 0. The fourth-order valence-corrected chi connectivity index (χ4v) is 3.93. The van der Waals surface area contributed by atoms with E-state index >= 15 is 0 Å². The van der Waals surface area contributed by atoms with Crippen LogP contribution in [-0.2, 0) is 5.41 Å². The summed E-state index contributed by atoms with van der Waals surface area (Å²) >= 11 is 9.37. The van der Waals surface area contributed by atoms with Crippen LogP contribution in [0.3, 0.4) is 0 Å². The minimum absolute atomic E-state index is 0.0676. The lowest BCUT2D eigenvalue weighted by Gasteiger charge is -2.38. The maximum Gasteiger partial charge on any atom is 0.0739 e. The standard InChI is InChI=1S/C20H18N2S2/c23-14-21-18-8-4-16(5-9-18)20(12-2-1-3-13-20)17-6-10-19(11-7-17)22-15-24/h4-11H,1-3,12-13H2. The number of aliphatic imine (C=N–C) groups is 2. The molecule has 0 saturated heterocycles. The van der Waals surface area contributed by atoms with Crippen LogP contribution in [0.2, 0.25) is 0 Å². The highest BCUT2D eigenvalue weighted by atomic mass is 32.1. The number of hydrogen-bond acceptors (Lipinski definition) is 4. The first kappa shape index (κ1) is 16.9. The second-order valence-corrected chi connectivity index (χ2v) is 6.51. The zero-order chi connectivity index (χ0) is 16.8. The molecule has 1 saturated carbocycles. The van der Waals surface area contributed by atoms with E-state index in [1.165, 1.54) is 43.2 Å². The summed E-state index contributed by atoms with van der Waals surface area (Å²) in [5, 5.41) is 4.85. The summed E-state index contributed by atoms with van der Waals surface area (Å²) in [5.41, 5.74) is 4.46. The molecule has 2 nitrogen and oxygen atoms in total. The Kier molecular flexibility index (Phi) is 5.44.